The van der Waals surface area contributed by atoms with E-state index < -0.39 is 0 Å². The minimum Gasteiger partial charge on any atom is -0.456 e. The molecule has 0 heterocycles. The van der Waals surface area contributed by atoms with Crippen LogP contribution < -0.4 is 10.5 Å². The van der Waals surface area contributed by atoms with Crippen LogP contribution in [0.2, 0.25) is 0 Å². The summed E-state index contributed by atoms with van der Waals surface area (Å²) in [4.78, 5) is 0.374. The van der Waals surface area contributed by atoms with Gasteiger partial charge in [0.25, 0.3) is 0 Å². The fraction of sp³-hybridized carbons (Fsp3) is 0.188. The number of hydrogen-bond acceptors (Lipinski definition) is 2. The van der Waals surface area contributed by atoms with E-state index in [1.54, 1.807) is 0 Å². The van der Waals surface area contributed by atoms with Gasteiger partial charge in [0, 0.05) is 5.56 Å². The summed E-state index contributed by atoms with van der Waals surface area (Å²) in [7, 11) is 0. The summed E-state index contributed by atoms with van der Waals surface area (Å²) in [5, 5.41) is 0. The highest BCUT2D eigenvalue weighted by atomic mass is 79.9. The lowest BCUT2D eigenvalue weighted by atomic mass is 10.0. The molecule has 4 heteroatoms. The van der Waals surface area contributed by atoms with Crippen molar-refractivity contribution in [2.45, 2.75) is 19.8 Å². The van der Waals surface area contributed by atoms with Gasteiger partial charge in [-0.1, -0.05) is 38.2 Å². The first-order valence-corrected chi connectivity index (χ1v) is 7.54. The Morgan fingerprint density at radius 1 is 1.20 bits per heavy atom. The maximum Gasteiger partial charge on any atom is 0.141 e. The van der Waals surface area contributed by atoms with E-state index in [2.05, 4.69) is 41.9 Å². The number of nitrogens with two attached hydrogens (primary N) is 1. The van der Waals surface area contributed by atoms with Crippen molar-refractivity contribution >= 4 is 33.1 Å². The van der Waals surface area contributed by atoms with Crippen LogP contribution in [0.3, 0.4) is 0 Å². The molecule has 104 valence electrons. The highest BCUT2D eigenvalue weighted by Gasteiger charge is 2.07. The van der Waals surface area contributed by atoms with Gasteiger partial charge in [-0.2, -0.15) is 0 Å². The average molecular weight is 350 g/mol. The number of rotatable bonds is 4. The zero-order valence-electron chi connectivity index (χ0n) is 11.4. The molecule has 2 rings (SSSR count). The van der Waals surface area contributed by atoms with Crippen LogP contribution in [0.4, 0.5) is 0 Å². The van der Waals surface area contributed by atoms with Gasteiger partial charge in [-0.05, 0) is 57.7 Å². The van der Waals surface area contributed by atoms with E-state index >= 15 is 0 Å². The van der Waals surface area contributed by atoms with Crippen molar-refractivity contribution in [1.29, 1.82) is 0 Å². The summed E-state index contributed by atoms with van der Waals surface area (Å²) >= 11 is 8.44. The Bertz CT molecular complexity index is 640. The van der Waals surface area contributed by atoms with Gasteiger partial charge in [-0.3, -0.25) is 0 Å². The highest BCUT2D eigenvalue weighted by molar-refractivity contribution is 9.10. The molecule has 0 amide bonds. The maximum atomic E-state index is 5.90. The topological polar surface area (TPSA) is 35.2 Å². The van der Waals surface area contributed by atoms with E-state index in [1.807, 2.05) is 30.3 Å². The number of thiocarbonyl (C=S) groups is 1. The standard InChI is InChI=1S/C16H16BrNOS/c1-10(2)11-4-3-5-13(8-11)19-15-7-6-12(16(18)20)9-14(15)17/h3-10H,1-2H3,(H2,18,20). The molecule has 0 fully saturated rings. The van der Waals surface area contributed by atoms with Crippen molar-refractivity contribution in [1.82, 2.24) is 0 Å². The van der Waals surface area contributed by atoms with E-state index in [0.717, 1.165) is 21.5 Å². The van der Waals surface area contributed by atoms with E-state index in [9.17, 15) is 0 Å². The third kappa shape index (κ3) is 3.58. The van der Waals surface area contributed by atoms with Crippen LogP contribution in [-0.2, 0) is 0 Å². The van der Waals surface area contributed by atoms with Crippen LogP contribution in [0.25, 0.3) is 0 Å². The van der Waals surface area contributed by atoms with Crippen LogP contribution >= 0.6 is 28.1 Å². The summed E-state index contributed by atoms with van der Waals surface area (Å²) in [5.41, 5.74) is 7.67. The average Bonchev–Trinajstić information content (AvgIpc) is 2.41. The van der Waals surface area contributed by atoms with Crippen molar-refractivity contribution in [3.8, 4) is 11.5 Å². The molecule has 0 unspecified atom stereocenters. The van der Waals surface area contributed by atoms with Gasteiger partial charge in [0.15, 0.2) is 0 Å². The smallest absolute Gasteiger partial charge is 0.141 e. The Balaban J connectivity index is 2.26. The van der Waals surface area contributed by atoms with Crippen LogP contribution in [0.1, 0.15) is 30.9 Å². The van der Waals surface area contributed by atoms with E-state index in [1.165, 1.54) is 5.56 Å². The molecule has 0 atom stereocenters. The van der Waals surface area contributed by atoms with Crippen LogP contribution in [0.5, 0.6) is 11.5 Å². The van der Waals surface area contributed by atoms with Gasteiger partial charge >= 0.3 is 0 Å². The Hall–Kier alpha value is -1.39. The van der Waals surface area contributed by atoms with Gasteiger partial charge in [0.2, 0.25) is 0 Å². The largest absolute Gasteiger partial charge is 0.456 e. The molecule has 0 aliphatic heterocycles. The molecule has 0 saturated carbocycles. The third-order valence-corrected chi connectivity index (χ3v) is 3.82. The van der Waals surface area contributed by atoms with E-state index in [0.29, 0.717) is 10.9 Å². The molecule has 2 aromatic rings. The number of halogens is 1. The SMILES string of the molecule is CC(C)c1cccc(Oc2ccc(C(N)=S)cc2Br)c1. The fourth-order valence-electron chi connectivity index (χ4n) is 1.80. The maximum absolute atomic E-state index is 5.90. The lowest BCUT2D eigenvalue weighted by Crippen LogP contribution is -2.09. The minimum atomic E-state index is 0.374. The number of ether oxygens (including phenoxy) is 1. The second-order valence-electron chi connectivity index (χ2n) is 4.84. The first-order valence-electron chi connectivity index (χ1n) is 6.34. The molecule has 0 spiro atoms. The van der Waals surface area contributed by atoms with Gasteiger partial charge in [-0.25, -0.2) is 0 Å². The third-order valence-electron chi connectivity index (χ3n) is 2.97. The van der Waals surface area contributed by atoms with Crippen LogP contribution in [0, 0.1) is 0 Å². The lowest BCUT2D eigenvalue weighted by Gasteiger charge is -2.11. The summed E-state index contributed by atoms with van der Waals surface area (Å²) in [6, 6.07) is 13.7. The zero-order chi connectivity index (χ0) is 14.7. The summed E-state index contributed by atoms with van der Waals surface area (Å²) in [5.74, 6) is 2.03. The molecular weight excluding hydrogens is 334 g/mol. The predicted molar refractivity (Wildman–Crippen MR) is 90.6 cm³/mol. The molecule has 2 N–H and O–H groups in total. The summed E-state index contributed by atoms with van der Waals surface area (Å²) < 4.78 is 6.73. The summed E-state index contributed by atoms with van der Waals surface area (Å²) in [6.07, 6.45) is 0. The highest BCUT2D eigenvalue weighted by Crippen LogP contribution is 2.31. The van der Waals surface area contributed by atoms with Crippen molar-refractivity contribution < 1.29 is 4.74 Å². The van der Waals surface area contributed by atoms with E-state index in [-0.39, 0.29) is 0 Å². The predicted octanol–water partition coefficient (Wildman–Crippen LogP) is 5.00. The summed E-state index contributed by atoms with van der Waals surface area (Å²) in [6.45, 7) is 4.32. The Morgan fingerprint density at radius 3 is 2.55 bits per heavy atom. The van der Waals surface area contributed by atoms with Gasteiger partial charge in [0.1, 0.15) is 16.5 Å². The Labute approximate surface area is 133 Å². The molecular formula is C16H16BrNOS. The molecule has 0 aliphatic rings. The Kier molecular flexibility index (Phi) is 4.78. The van der Waals surface area contributed by atoms with Crippen LogP contribution in [0.15, 0.2) is 46.9 Å². The number of benzene rings is 2. The molecule has 0 aromatic heterocycles. The first-order chi connectivity index (χ1) is 9.47. The minimum absolute atomic E-state index is 0.374. The molecule has 2 aromatic carbocycles. The zero-order valence-corrected chi connectivity index (χ0v) is 13.8. The van der Waals surface area contributed by atoms with Gasteiger partial charge in [0.05, 0.1) is 4.47 Å². The van der Waals surface area contributed by atoms with Crippen molar-refractivity contribution in [3.63, 3.8) is 0 Å². The molecule has 20 heavy (non-hydrogen) atoms. The van der Waals surface area contributed by atoms with E-state index in [4.69, 9.17) is 22.7 Å². The van der Waals surface area contributed by atoms with Gasteiger partial charge < -0.3 is 10.5 Å². The quantitative estimate of drug-likeness (QED) is 0.788. The monoisotopic (exact) mass is 349 g/mol. The second-order valence-corrected chi connectivity index (χ2v) is 6.13. The first kappa shape index (κ1) is 15.0. The lowest BCUT2D eigenvalue weighted by molar-refractivity contribution is 0.478. The molecule has 0 radical (unpaired) electrons. The molecule has 0 bridgehead atoms. The van der Waals surface area contributed by atoms with Gasteiger partial charge in [-0.15, -0.1) is 0 Å². The molecule has 0 saturated heterocycles. The second kappa shape index (κ2) is 6.37. The molecule has 0 aliphatic carbocycles. The fourth-order valence-corrected chi connectivity index (χ4v) is 2.39. The van der Waals surface area contributed by atoms with Crippen LogP contribution in [-0.4, -0.2) is 4.99 Å². The van der Waals surface area contributed by atoms with Crippen molar-refractivity contribution in [2.24, 2.45) is 5.73 Å². The normalized spacial score (nSPS) is 10.6. The molecule has 2 nitrogen and oxygen atoms in total. The number of hydrogen-bond donors (Lipinski definition) is 1. The van der Waals surface area contributed by atoms with Crippen molar-refractivity contribution in [2.75, 3.05) is 0 Å². The Morgan fingerprint density at radius 2 is 1.95 bits per heavy atom. The van der Waals surface area contributed by atoms with Crippen molar-refractivity contribution in [3.05, 3.63) is 58.1 Å².